The van der Waals surface area contributed by atoms with Crippen LogP contribution in [0.15, 0.2) is 30.5 Å². The van der Waals surface area contributed by atoms with Crippen molar-refractivity contribution < 1.29 is 9.53 Å². The zero-order valence-corrected chi connectivity index (χ0v) is 18.5. The number of carbonyl (C=O) groups is 1. The number of ether oxygens (including phenoxy) is 1. The van der Waals surface area contributed by atoms with Crippen molar-refractivity contribution in [3.05, 3.63) is 53.1 Å². The fourth-order valence-electron chi connectivity index (χ4n) is 4.34. The number of aryl methyl sites for hydroxylation is 2. The van der Waals surface area contributed by atoms with Crippen LogP contribution >= 0.6 is 0 Å². The molecule has 1 saturated heterocycles. The fourth-order valence-corrected chi connectivity index (χ4v) is 4.34. The number of carbonyl (C=O) groups excluding carboxylic acids is 1. The van der Waals surface area contributed by atoms with Crippen LogP contribution in [0.25, 0.3) is 10.8 Å². The molecule has 3 heterocycles. The minimum absolute atomic E-state index is 0.0558. The van der Waals surface area contributed by atoms with Crippen LogP contribution in [0.2, 0.25) is 0 Å². The molecule has 3 aromatic rings. The standard InChI is InChI=1S/C24H30N4O2/c1-15(2)20-12-22(27(4)26-20)24(29)28-10-6-7-18(14-28)21-11-19-16(3)23(30-5)9-8-17(19)13-25-21/h8-9,11-13,15,18H,6-7,10,14H2,1-5H3. The minimum atomic E-state index is 0.0558. The molecule has 30 heavy (non-hydrogen) atoms. The average molecular weight is 407 g/mol. The predicted octanol–water partition coefficient (Wildman–Crippen LogP) is 4.43. The number of rotatable bonds is 4. The van der Waals surface area contributed by atoms with Crippen molar-refractivity contribution in [2.24, 2.45) is 7.05 Å². The first-order valence-corrected chi connectivity index (χ1v) is 10.7. The number of methoxy groups -OCH3 is 1. The van der Waals surface area contributed by atoms with Gasteiger partial charge >= 0.3 is 0 Å². The van der Waals surface area contributed by atoms with E-state index in [1.807, 2.05) is 36.3 Å². The van der Waals surface area contributed by atoms with Crippen molar-refractivity contribution in [2.45, 2.75) is 45.4 Å². The molecule has 2 aromatic heterocycles. The second kappa shape index (κ2) is 8.09. The SMILES string of the molecule is COc1ccc2cnc(C3CCCN(C(=O)c4cc(C(C)C)nn4C)C3)cc2c1C. The molecule has 1 aromatic carbocycles. The van der Waals surface area contributed by atoms with Crippen LogP contribution in [0, 0.1) is 6.92 Å². The minimum Gasteiger partial charge on any atom is -0.496 e. The summed E-state index contributed by atoms with van der Waals surface area (Å²) in [4.78, 5) is 19.9. The van der Waals surface area contributed by atoms with Gasteiger partial charge in [-0.2, -0.15) is 5.10 Å². The van der Waals surface area contributed by atoms with Gasteiger partial charge in [-0.1, -0.05) is 13.8 Å². The topological polar surface area (TPSA) is 60.2 Å². The molecule has 1 aliphatic rings. The van der Waals surface area contributed by atoms with Gasteiger partial charge in [0.1, 0.15) is 11.4 Å². The van der Waals surface area contributed by atoms with Gasteiger partial charge in [-0.05, 0) is 60.9 Å². The van der Waals surface area contributed by atoms with E-state index in [2.05, 4.69) is 31.9 Å². The van der Waals surface area contributed by atoms with Crippen molar-refractivity contribution in [3.63, 3.8) is 0 Å². The van der Waals surface area contributed by atoms with Gasteiger partial charge in [0.25, 0.3) is 5.91 Å². The lowest BCUT2D eigenvalue weighted by molar-refractivity contribution is 0.0694. The third kappa shape index (κ3) is 3.66. The molecule has 1 fully saturated rings. The Labute approximate surface area is 177 Å². The summed E-state index contributed by atoms with van der Waals surface area (Å²) >= 11 is 0. The average Bonchev–Trinajstić information content (AvgIpc) is 3.15. The largest absolute Gasteiger partial charge is 0.496 e. The maximum atomic E-state index is 13.2. The van der Waals surface area contributed by atoms with Crippen LogP contribution in [-0.2, 0) is 7.05 Å². The lowest BCUT2D eigenvalue weighted by Crippen LogP contribution is -2.40. The first-order chi connectivity index (χ1) is 14.4. The highest BCUT2D eigenvalue weighted by Crippen LogP contribution is 2.32. The quantitative estimate of drug-likeness (QED) is 0.643. The van der Waals surface area contributed by atoms with E-state index in [0.717, 1.165) is 52.9 Å². The van der Waals surface area contributed by atoms with E-state index in [1.54, 1.807) is 11.8 Å². The molecule has 1 unspecified atom stereocenters. The molecular formula is C24H30N4O2. The number of aromatic nitrogens is 3. The molecule has 158 valence electrons. The Morgan fingerprint density at radius 1 is 1.27 bits per heavy atom. The van der Waals surface area contributed by atoms with Crippen LogP contribution in [0.3, 0.4) is 0 Å². The van der Waals surface area contributed by atoms with E-state index < -0.39 is 0 Å². The number of nitrogens with zero attached hydrogens (tertiary/aromatic N) is 4. The lowest BCUT2D eigenvalue weighted by atomic mass is 9.92. The monoisotopic (exact) mass is 406 g/mol. The first kappa shape index (κ1) is 20.4. The van der Waals surface area contributed by atoms with Gasteiger partial charge in [0.15, 0.2) is 0 Å². The van der Waals surface area contributed by atoms with Crippen LogP contribution in [0.1, 0.15) is 66.0 Å². The zero-order chi connectivity index (χ0) is 21.4. The summed E-state index contributed by atoms with van der Waals surface area (Å²) in [6.45, 7) is 7.72. The summed E-state index contributed by atoms with van der Waals surface area (Å²) in [5.74, 6) is 1.47. The van der Waals surface area contributed by atoms with Gasteiger partial charge in [0.2, 0.25) is 0 Å². The fraction of sp³-hybridized carbons (Fsp3) is 0.458. The molecule has 1 amide bonds. The third-order valence-electron chi connectivity index (χ3n) is 6.20. The highest BCUT2D eigenvalue weighted by molar-refractivity contribution is 5.93. The van der Waals surface area contributed by atoms with E-state index in [1.165, 1.54) is 0 Å². The van der Waals surface area contributed by atoms with E-state index in [9.17, 15) is 4.79 Å². The molecule has 0 aliphatic carbocycles. The van der Waals surface area contributed by atoms with E-state index in [0.29, 0.717) is 18.2 Å². The summed E-state index contributed by atoms with van der Waals surface area (Å²) in [5.41, 5.74) is 3.78. The third-order valence-corrected chi connectivity index (χ3v) is 6.20. The number of pyridine rings is 1. The molecule has 0 spiro atoms. The lowest BCUT2D eigenvalue weighted by Gasteiger charge is -2.32. The number of amides is 1. The van der Waals surface area contributed by atoms with Crippen molar-refractivity contribution in [1.29, 1.82) is 0 Å². The summed E-state index contributed by atoms with van der Waals surface area (Å²) in [6, 6.07) is 8.13. The second-order valence-electron chi connectivity index (χ2n) is 8.55. The van der Waals surface area contributed by atoms with E-state index >= 15 is 0 Å². The van der Waals surface area contributed by atoms with Crippen LogP contribution in [-0.4, -0.2) is 45.8 Å². The van der Waals surface area contributed by atoms with Crippen LogP contribution < -0.4 is 4.74 Å². The molecule has 0 bridgehead atoms. The molecule has 0 N–H and O–H groups in total. The highest BCUT2D eigenvalue weighted by Gasteiger charge is 2.28. The number of hydrogen-bond acceptors (Lipinski definition) is 4. The molecule has 4 rings (SSSR count). The van der Waals surface area contributed by atoms with Gasteiger partial charge in [0.05, 0.1) is 12.8 Å². The van der Waals surface area contributed by atoms with Gasteiger partial charge in [-0.25, -0.2) is 0 Å². The van der Waals surface area contributed by atoms with E-state index in [-0.39, 0.29) is 11.8 Å². The highest BCUT2D eigenvalue weighted by atomic mass is 16.5. The maximum absolute atomic E-state index is 13.2. The molecule has 6 nitrogen and oxygen atoms in total. The Balaban J connectivity index is 1.59. The summed E-state index contributed by atoms with van der Waals surface area (Å²) in [6.07, 6.45) is 3.95. The second-order valence-corrected chi connectivity index (χ2v) is 8.55. The number of hydrogen-bond donors (Lipinski definition) is 0. The number of piperidine rings is 1. The number of likely N-dealkylation sites (tertiary alicyclic amines) is 1. The van der Waals surface area contributed by atoms with E-state index in [4.69, 9.17) is 9.72 Å². The van der Waals surface area contributed by atoms with Gasteiger partial charge in [-0.15, -0.1) is 0 Å². The first-order valence-electron chi connectivity index (χ1n) is 10.7. The molecular weight excluding hydrogens is 376 g/mol. The zero-order valence-electron chi connectivity index (χ0n) is 18.5. The molecule has 6 heteroatoms. The Bertz CT molecular complexity index is 1090. The summed E-state index contributed by atoms with van der Waals surface area (Å²) in [7, 11) is 3.55. The Kier molecular flexibility index (Phi) is 5.50. The van der Waals surface area contributed by atoms with Crippen molar-refractivity contribution in [1.82, 2.24) is 19.7 Å². The van der Waals surface area contributed by atoms with Gasteiger partial charge in [0, 0.05) is 43.3 Å². The van der Waals surface area contributed by atoms with Crippen molar-refractivity contribution in [3.8, 4) is 5.75 Å². The predicted molar refractivity (Wildman–Crippen MR) is 118 cm³/mol. The maximum Gasteiger partial charge on any atom is 0.272 e. The Hall–Kier alpha value is -2.89. The molecule has 0 radical (unpaired) electrons. The van der Waals surface area contributed by atoms with Crippen LogP contribution in [0.5, 0.6) is 5.75 Å². The van der Waals surface area contributed by atoms with Gasteiger partial charge < -0.3 is 9.64 Å². The smallest absolute Gasteiger partial charge is 0.272 e. The normalized spacial score (nSPS) is 17.0. The van der Waals surface area contributed by atoms with Gasteiger partial charge in [-0.3, -0.25) is 14.5 Å². The molecule has 1 atom stereocenters. The van der Waals surface area contributed by atoms with Crippen molar-refractivity contribution >= 4 is 16.7 Å². The Morgan fingerprint density at radius 3 is 2.77 bits per heavy atom. The molecule has 1 aliphatic heterocycles. The number of benzene rings is 1. The van der Waals surface area contributed by atoms with Crippen molar-refractivity contribution in [2.75, 3.05) is 20.2 Å². The molecule has 0 saturated carbocycles. The number of fused-ring (bicyclic) bond motifs is 1. The Morgan fingerprint density at radius 2 is 2.07 bits per heavy atom. The summed E-state index contributed by atoms with van der Waals surface area (Å²) in [5, 5.41) is 6.78. The summed E-state index contributed by atoms with van der Waals surface area (Å²) < 4.78 is 7.20. The van der Waals surface area contributed by atoms with Crippen LogP contribution in [0.4, 0.5) is 0 Å².